The van der Waals surface area contributed by atoms with Gasteiger partial charge in [0.1, 0.15) is 109 Å². The number of rotatable bonds is 15. The van der Waals surface area contributed by atoms with Crippen LogP contribution < -0.4 is 24.5 Å². The molecule has 0 unspecified atom stereocenters. The van der Waals surface area contributed by atoms with E-state index in [1.165, 1.54) is 63.0 Å². The van der Waals surface area contributed by atoms with Crippen LogP contribution in [0, 0.1) is 62.4 Å². The Labute approximate surface area is 740 Å². The standard InChI is InChI=1S/5C16H20N6O/c5*1-11-5-7-22(14(23)8-17-2)9-13(11)21(3)16-12-4-6-18-15(12)19-10-20-16/h5*4,6,10-11,13H,5,7-9H2,1,3H3,(H,18,19,20)/t5*11-,13+/m11111/s1/i1D3,3D3,8D2,9D2,10D,11D,13D;3D3,8D2,9D2,10D,11D,13D;1D3,8D2,9D2,10D,11D,13D;8D2,9D2,10D,11D,13D;1D3,3D3,8D2,9D2,10D. The molecule has 0 spiro atoms. The molecule has 600 valence electrons. The minimum absolute atomic E-state index is 0.0195. The van der Waals surface area contributed by atoms with Crippen LogP contribution in [0.25, 0.3) is 79.4 Å². The second-order valence-corrected chi connectivity index (χ2v) is 24.3. The zero-order valence-electron chi connectivity index (χ0n) is 112. The normalized spacial score (nSPS) is 36.3. The maximum Gasteiger partial charge on any atom is 0.302 e. The first kappa shape index (κ1) is 39.1. The molecule has 5 saturated heterocycles. The van der Waals surface area contributed by atoms with Gasteiger partial charge in [0.15, 0.2) is 0 Å². The van der Waals surface area contributed by atoms with Gasteiger partial charge < -0.3 is 98.1 Å². The number of carbonyl (C=O) groups is 5. The zero-order chi connectivity index (χ0) is 127. The average molecular weight is 1610 g/mol. The third kappa shape index (κ3) is 19.2. The topological polar surface area (TPSA) is 347 Å². The van der Waals surface area contributed by atoms with Crippen molar-refractivity contribution in [1.29, 1.82) is 0 Å². The molecule has 115 heavy (non-hydrogen) atoms. The van der Waals surface area contributed by atoms with Crippen LogP contribution >= 0.6 is 0 Å². The predicted octanol–water partition coefficient (Wildman–Crippen LogP) is 7.75. The fraction of sp³-hybridized carbons (Fsp3) is 0.500. The first-order valence-electron chi connectivity index (χ1n) is 59.2. The lowest BCUT2D eigenvalue weighted by Crippen LogP contribution is -2.53. The molecule has 5 aliphatic heterocycles. The number of nitrogens with one attached hydrogen (secondary N) is 5. The van der Waals surface area contributed by atoms with E-state index < -0.39 is 290 Å². The highest BCUT2D eigenvalue weighted by atomic mass is 16.2. The molecule has 0 aliphatic carbocycles. The van der Waals surface area contributed by atoms with Gasteiger partial charge in [-0.05, 0) is 91.9 Å². The van der Waals surface area contributed by atoms with Gasteiger partial charge in [-0.3, -0.25) is 24.0 Å². The van der Waals surface area contributed by atoms with Crippen molar-refractivity contribution in [3.8, 4) is 0 Å². The van der Waals surface area contributed by atoms with Crippen LogP contribution in [0.4, 0.5) is 29.1 Å². The van der Waals surface area contributed by atoms with Crippen molar-refractivity contribution in [2.45, 2.75) is 96.6 Å². The number of H-pyrrole nitrogens is 5. The molecule has 0 bridgehead atoms. The number of amides is 5. The Balaban J connectivity index is 0.000000195. The minimum Gasteiger partial charge on any atom is -0.354 e. The molecule has 35 heteroatoms. The number of anilines is 5. The van der Waals surface area contributed by atoms with Crippen LogP contribution in [0.3, 0.4) is 0 Å². The van der Waals surface area contributed by atoms with Crippen LogP contribution in [0.1, 0.15) is 136 Å². The molecule has 15 rings (SSSR count). The minimum atomic E-state index is -3.70. The Kier molecular flexibility index (Phi) is 13.1. The Morgan fingerprint density at radius 2 is 0.652 bits per heavy atom. The molecule has 5 N–H and O–H groups in total. The fourth-order valence-electron chi connectivity index (χ4n) is 11.6. The van der Waals surface area contributed by atoms with Gasteiger partial charge >= 0.3 is 29.5 Å². The summed E-state index contributed by atoms with van der Waals surface area (Å²) < 4.78 is 418. The summed E-state index contributed by atoms with van der Waals surface area (Å²) >= 11 is 0. The van der Waals surface area contributed by atoms with E-state index in [1.807, 2.05) is 0 Å². The van der Waals surface area contributed by atoms with Crippen LogP contribution in [0.2, 0.25) is 0 Å². The second kappa shape index (κ2) is 38.4. The van der Waals surface area contributed by atoms with Crippen LogP contribution in [0.5, 0.6) is 0 Å². The zero-order valence-corrected chi connectivity index (χ0v) is 60.7. The summed E-state index contributed by atoms with van der Waals surface area (Å²) in [5, 5.41) is 0.584. The van der Waals surface area contributed by atoms with Gasteiger partial charge in [-0.2, -0.15) is 0 Å². The second-order valence-electron chi connectivity index (χ2n) is 24.3. The van der Waals surface area contributed by atoms with E-state index in [0.717, 1.165) is 23.8 Å². The van der Waals surface area contributed by atoms with E-state index in [0.29, 0.717) is 35.5 Å². The lowest BCUT2D eigenvalue weighted by Gasteiger charge is -2.41. The van der Waals surface area contributed by atoms with Gasteiger partial charge in [0.2, 0.25) is 0 Å². The maximum absolute atomic E-state index is 12.8. The summed E-state index contributed by atoms with van der Waals surface area (Å²) in [6.45, 7) is -17.4. The first-order valence-corrected chi connectivity index (χ1v) is 33.7. The SMILES string of the molecule is [2H]c1nc(N(C([2H])([2H])[2H])[C@@]2([2H])C([2H])([2H])N(C(=O)C([2H])([2H])[N+]#[C-])CC[C@@]2([2H])C([2H])([2H])[2H])c2cc[nH]c2n1.[2H]c1nc(N(C([2H])([2H])[2H])[C@@]2([2H])C([2H])([2H])N(C(=O)C([2H])([2H])[N+]#[C-])CC[C@@]2([2H])C)c2cc[nH]c2n1.[2H]c1nc(N(C)[C@@]2([2H])C([2H])([2H])N(C(=O)C([2H])([2H])[N+]#[C-])CC[C@@]2([2H])C([2H])([2H])[2H])c2cc[nH]c2n1.[2H]c1nc(N(C)[C@@]2([2H])C([2H])([2H])N(C(=O)C([2H])([2H])[N+]#[C-])CC[C@@]2([2H])C)c2cc[nH]c2n1.[2H]c1nc(N([C@@H]2[C@H](C([2H])([2H])[2H])CCN(C(=O)C([2H])([2H])[N+]#[C-])C2([2H])[2H])C([2H])([2H])[2H])c2cc[nH]c2n1. The van der Waals surface area contributed by atoms with Crippen LogP contribution in [0.15, 0.2) is 92.8 Å². The number of aromatic nitrogens is 15. The van der Waals surface area contributed by atoms with E-state index in [2.05, 4.69) is 99.0 Å². The molecule has 5 fully saturated rings. The van der Waals surface area contributed by atoms with Crippen molar-refractivity contribution in [1.82, 2.24) is 99.3 Å². The lowest BCUT2D eigenvalue weighted by atomic mass is 9.92. The summed E-state index contributed by atoms with van der Waals surface area (Å²) in [4.78, 5) is 133. The van der Waals surface area contributed by atoms with Crippen molar-refractivity contribution in [2.24, 2.45) is 29.5 Å². The highest BCUT2D eigenvalue weighted by Gasteiger charge is 2.39. The van der Waals surface area contributed by atoms with Gasteiger partial charge in [-0.25, -0.2) is 82.7 Å². The van der Waals surface area contributed by atoms with Gasteiger partial charge in [0.05, 0.1) is 76.2 Å². The molecule has 35 nitrogen and oxygen atoms in total. The molecule has 0 radical (unpaired) electrons. The van der Waals surface area contributed by atoms with Gasteiger partial charge in [0, 0.05) is 161 Å². The quantitative estimate of drug-likeness (QED) is 0.0612. The van der Waals surface area contributed by atoms with Crippen LogP contribution in [-0.2, 0) is 24.0 Å². The van der Waals surface area contributed by atoms with Gasteiger partial charge in [-0.1, -0.05) is 34.4 Å². The van der Waals surface area contributed by atoms with Crippen molar-refractivity contribution < 1.29 is 93.9 Å². The van der Waals surface area contributed by atoms with Gasteiger partial charge in [-0.15, -0.1) is 0 Å². The maximum atomic E-state index is 12.8. The molecule has 10 aromatic rings. The fourth-order valence-corrected chi connectivity index (χ4v) is 11.6. The molecule has 10 aromatic heterocycles. The highest BCUT2D eigenvalue weighted by molar-refractivity contribution is 5.91. The molecule has 5 aliphatic rings. The summed E-state index contributed by atoms with van der Waals surface area (Å²) in [5.74, 6) is -21.4. The van der Waals surface area contributed by atoms with E-state index >= 15 is 0 Å². The monoisotopic (exact) mass is 1610 g/mol. The average Bonchev–Trinajstić information content (AvgIpc) is 0.759. The first-order chi connectivity index (χ1) is 75.2. The Bertz CT molecular complexity index is 7710. The predicted molar refractivity (Wildman–Crippen MR) is 440 cm³/mol. The van der Waals surface area contributed by atoms with E-state index in [4.69, 9.17) is 101 Å². The van der Waals surface area contributed by atoms with Crippen molar-refractivity contribution >= 4 is 114 Å². The molecule has 5 amide bonds. The number of piperidine rings is 5. The smallest absolute Gasteiger partial charge is 0.302 e. The Morgan fingerprint density at radius 1 is 0.400 bits per heavy atom. The van der Waals surface area contributed by atoms with E-state index in [9.17, 15) is 25.3 Å². The largest absolute Gasteiger partial charge is 0.354 e. The third-order valence-corrected chi connectivity index (χ3v) is 17.4. The summed E-state index contributed by atoms with van der Waals surface area (Å²) in [6.07, 6.45) is 1.49. The van der Waals surface area contributed by atoms with E-state index in [1.54, 1.807) is 12.3 Å². The van der Waals surface area contributed by atoms with Crippen molar-refractivity contribution in [2.75, 3.05) is 157 Å². The van der Waals surface area contributed by atoms with Crippen LogP contribution in [-0.4, -0.2) is 292 Å². The number of fused-ring (bicyclic) bond motifs is 5. The third-order valence-electron chi connectivity index (χ3n) is 17.4. The number of hydrogen-bond donors (Lipinski definition) is 5. The number of nitrogens with zero attached hydrogens (tertiary/aromatic N) is 25. The van der Waals surface area contributed by atoms with E-state index in [-0.39, 0.29) is 89.7 Å². The molecule has 0 aromatic carbocycles. The van der Waals surface area contributed by atoms with Crippen molar-refractivity contribution in [3.05, 3.63) is 150 Å². The molecule has 10 atom stereocenters. The highest BCUT2D eigenvalue weighted by Crippen LogP contribution is 2.35. The molecule has 15 heterocycles. The lowest BCUT2D eigenvalue weighted by molar-refractivity contribution is -0.131. The molecular weight excluding hydrogens is 1460 g/mol. The number of likely N-dealkylation sites (N-methyl/N-ethyl adjacent to an activating group) is 5. The Morgan fingerprint density at radius 3 is 0.939 bits per heavy atom. The van der Waals surface area contributed by atoms with Crippen molar-refractivity contribution in [3.63, 3.8) is 0 Å². The number of carbonyl (C=O) groups excluding carboxylic acids is 5. The molecular formula is C80H100N30O5. The number of aromatic amines is 5. The summed E-state index contributed by atoms with van der Waals surface area (Å²) in [5.41, 5.74) is 0.451. The summed E-state index contributed by atoms with van der Waals surface area (Å²) in [7, 11) is 2.45. The number of hydrogen-bond acceptors (Lipinski definition) is 20. The number of likely N-dealkylation sites (tertiary alicyclic amines) is 5. The van der Waals surface area contributed by atoms with Gasteiger partial charge in [0.25, 0.3) is 32.5 Å². The molecule has 0 saturated carbocycles. The summed E-state index contributed by atoms with van der Waals surface area (Å²) in [6, 6.07) is -7.35. The Hall–Kier alpha value is -13.1.